The number of hydrogen-bond donors (Lipinski definition) is 0. The Hall–Kier alpha value is -1.12. The topological polar surface area (TPSA) is 43.4 Å². The van der Waals surface area contributed by atoms with Crippen molar-refractivity contribution in [1.29, 1.82) is 0 Å². The van der Waals surface area contributed by atoms with E-state index in [2.05, 4.69) is 4.74 Å². The SMILES string of the molecule is COC(=O)C/C=C1/CCCCCC1=O. The van der Waals surface area contributed by atoms with Gasteiger partial charge in [0.05, 0.1) is 13.5 Å². The molecule has 0 saturated heterocycles. The van der Waals surface area contributed by atoms with Gasteiger partial charge in [-0.1, -0.05) is 12.5 Å². The molecular weight excluding hydrogens is 180 g/mol. The Labute approximate surface area is 84.1 Å². The van der Waals surface area contributed by atoms with Crippen LogP contribution in [0.15, 0.2) is 11.6 Å². The van der Waals surface area contributed by atoms with Crippen molar-refractivity contribution >= 4 is 11.8 Å². The summed E-state index contributed by atoms with van der Waals surface area (Å²) in [5.41, 5.74) is 0.813. The minimum atomic E-state index is -0.283. The lowest BCUT2D eigenvalue weighted by atomic mass is 10.1. The lowest BCUT2D eigenvalue weighted by molar-refractivity contribution is -0.139. The van der Waals surface area contributed by atoms with Crippen LogP contribution in [0.4, 0.5) is 0 Å². The number of methoxy groups -OCH3 is 1. The molecule has 0 atom stereocenters. The second kappa shape index (κ2) is 5.58. The molecule has 3 heteroatoms. The summed E-state index contributed by atoms with van der Waals surface area (Å²) in [6.45, 7) is 0. The van der Waals surface area contributed by atoms with Crippen LogP contribution in [0.5, 0.6) is 0 Å². The van der Waals surface area contributed by atoms with Gasteiger partial charge in [0.15, 0.2) is 5.78 Å². The number of esters is 1. The second-order valence-corrected chi connectivity index (χ2v) is 3.49. The van der Waals surface area contributed by atoms with Crippen LogP contribution < -0.4 is 0 Å². The van der Waals surface area contributed by atoms with E-state index in [1.807, 2.05) is 0 Å². The third kappa shape index (κ3) is 3.32. The summed E-state index contributed by atoms with van der Waals surface area (Å²) in [7, 11) is 1.36. The number of ketones is 1. The van der Waals surface area contributed by atoms with E-state index < -0.39 is 0 Å². The molecule has 0 aliphatic heterocycles. The summed E-state index contributed by atoms with van der Waals surface area (Å²) in [5.74, 6) is -0.0825. The van der Waals surface area contributed by atoms with Crippen LogP contribution in [0.1, 0.15) is 38.5 Å². The van der Waals surface area contributed by atoms with Gasteiger partial charge >= 0.3 is 5.97 Å². The summed E-state index contributed by atoms with van der Waals surface area (Å²) in [5, 5.41) is 0. The highest BCUT2D eigenvalue weighted by Gasteiger charge is 2.13. The molecule has 0 N–H and O–H groups in total. The van der Waals surface area contributed by atoms with E-state index in [1.54, 1.807) is 6.08 Å². The van der Waals surface area contributed by atoms with Crippen molar-refractivity contribution < 1.29 is 14.3 Å². The largest absolute Gasteiger partial charge is 0.469 e. The molecular formula is C11H16O3. The van der Waals surface area contributed by atoms with Crippen LogP contribution in [0.2, 0.25) is 0 Å². The van der Waals surface area contributed by atoms with Crippen LogP contribution in [0.25, 0.3) is 0 Å². The lowest BCUT2D eigenvalue weighted by Crippen LogP contribution is -2.03. The summed E-state index contributed by atoms with van der Waals surface area (Å²) >= 11 is 0. The summed E-state index contributed by atoms with van der Waals surface area (Å²) in [4.78, 5) is 22.4. The van der Waals surface area contributed by atoms with Crippen LogP contribution in [0, 0.1) is 0 Å². The first-order valence-corrected chi connectivity index (χ1v) is 5.03. The van der Waals surface area contributed by atoms with Gasteiger partial charge in [0.1, 0.15) is 0 Å². The van der Waals surface area contributed by atoms with Crippen molar-refractivity contribution in [3.05, 3.63) is 11.6 Å². The molecule has 0 heterocycles. The van der Waals surface area contributed by atoms with Gasteiger partial charge in [-0.05, 0) is 24.8 Å². The van der Waals surface area contributed by atoms with Gasteiger partial charge in [0.25, 0.3) is 0 Å². The number of allylic oxidation sites excluding steroid dienone is 1. The molecule has 0 unspecified atom stereocenters. The highest BCUT2D eigenvalue weighted by atomic mass is 16.5. The smallest absolute Gasteiger partial charge is 0.309 e. The number of carbonyl (C=O) groups is 2. The van der Waals surface area contributed by atoms with Crippen LogP contribution in [0.3, 0.4) is 0 Å². The van der Waals surface area contributed by atoms with E-state index in [-0.39, 0.29) is 18.2 Å². The molecule has 0 bridgehead atoms. The Kier molecular flexibility index (Phi) is 4.36. The van der Waals surface area contributed by atoms with Gasteiger partial charge in [-0.15, -0.1) is 0 Å². The van der Waals surface area contributed by atoms with Gasteiger partial charge < -0.3 is 4.74 Å². The van der Waals surface area contributed by atoms with E-state index in [1.165, 1.54) is 7.11 Å². The monoisotopic (exact) mass is 196 g/mol. The quantitative estimate of drug-likeness (QED) is 0.385. The fourth-order valence-electron chi connectivity index (χ4n) is 1.58. The third-order valence-electron chi connectivity index (χ3n) is 2.45. The Balaban J connectivity index is 2.54. The van der Waals surface area contributed by atoms with Crippen molar-refractivity contribution in [2.45, 2.75) is 38.5 Å². The summed E-state index contributed by atoms with van der Waals surface area (Å²) in [6, 6.07) is 0. The maximum Gasteiger partial charge on any atom is 0.309 e. The van der Waals surface area contributed by atoms with Crippen molar-refractivity contribution in [2.75, 3.05) is 7.11 Å². The van der Waals surface area contributed by atoms with Gasteiger partial charge in [-0.3, -0.25) is 9.59 Å². The zero-order chi connectivity index (χ0) is 10.4. The van der Waals surface area contributed by atoms with Crippen LogP contribution in [-0.2, 0) is 14.3 Å². The standard InChI is InChI=1S/C11H16O3/c1-14-11(13)8-7-9-5-3-2-4-6-10(9)12/h7H,2-6,8H2,1H3/b9-7-. The molecule has 0 spiro atoms. The fraction of sp³-hybridized carbons (Fsp3) is 0.636. The van der Waals surface area contributed by atoms with Gasteiger partial charge in [0.2, 0.25) is 0 Å². The molecule has 0 aromatic rings. The Morgan fingerprint density at radius 3 is 2.79 bits per heavy atom. The van der Waals surface area contributed by atoms with Gasteiger partial charge in [0, 0.05) is 6.42 Å². The first-order valence-electron chi connectivity index (χ1n) is 5.03. The van der Waals surface area contributed by atoms with E-state index in [0.29, 0.717) is 6.42 Å². The van der Waals surface area contributed by atoms with E-state index in [4.69, 9.17) is 0 Å². The Bertz CT molecular complexity index is 253. The highest BCUT2D eigenvalue weighted by molar-refractivity contribution is 5.95. The number of rotatable bonds is 2. The molecule has 0 amide bonds. The summed E-state index contributed by atoms with van der Waals surface area (Å²) in [6.07, 6.45) is 6.54. The van der Waals surface area contributed by atoms with E-state index >= 15 is 0 Å². The predicted octanol–water partition coefficient (Wildman–Crippen LogP) is 2.01. The number of Topliss-reactive ketones (excluding diaryl/α,β-unsaturated/α-hetero) is 1. The molecule has 1 fully saturated rings. The Morgan fingerprint density at radius 2 is 2.07 bits per heavy atom. The fourth-order valence-corrected chi connectivity index (χ4v) is 1.58. The lowest BCUT2D eigenvalue weighted by Gasteiger charge is -2.00. The zero-order valence-corrected chi connectivity index (χ0v) is 8.54. The Morgan fingerprint density at radius 1 is 1.36 bits per heavy atom. The first kappa shape index (κ1) is 11.0. The first-order chi connectivity index (χ1) is 6.74. The number of hydrogen-bond acceptors (Lipinski definition) is 3. The molecule has 0 aromatic carbocycles. The molecule has 0 aromatic heterocycles. The average Bonchev–Trinajstić information content (AvgIpc) is 2.39. The highest BCUT2D eigenvalue weighted by Crippen LogP contribution is 2.19. The van der Waals surface area contributed by atoms with Gasteiger partial charge in [-0.25, -0.2) is 0 Å². The molecule has 14 heavy (non-hydrogen) atoms. The predicted molar refractivity (Wildman–Crippen MR) is 52.8 cm³/mol. The average molecular weight is 196 g/mol. The number of carbonyl (C=O) groups excluding carboxylic acids is 2. The van der Waals surface area contributed by atoms with Gasteiger partial charge in [-0.2, -0.15) is 0 Å². The molecule has 1 aliphatic rings. The normalized spacial score (nSPS) is 20.6. The second-order valence-electron chi connectivity index (χ2n) is 3.49. The van der Waals surface area contributed by atoms with Crippen molar-refractivity contribution in [3.63, 3.8) is 0 Å². The minimum Gasteiger partial charge on any atom is -0.469 e. The number of ether oxygens (including phenoxy) is 1. The molecule has 1 saturated carbocycles. The molecule has 0 radical (unpaired) electrons. The maximum absolute atomic E-state index is 11.5. The zero-order valence-electron chi connectivity index (χ0n) is 8.54. The van der Waals surface area contributed by atoms with E-state index in [9.17, 15) is 9.59 Å². The maximum atomic E-state index is 11.5. The molecule has 1 rings (SSSR count). The van der Waals surface area contributed by atoms with Crippen molar-refractivity contribution in [2.24, 2.45) is 0 Å². The minimum absolute atomic E-state index is 0.200. The molecule has 3 nitrogen and oxygen atoms in total. The molecule has 1 aliphatic carbocycles. The van der Waals surface area contributed by atoms with E-state index in [0.717, 1.165) is 31.3 Å². The van der Waals surface area contributed by atoms with Crippen LogP contribution >= 0.6 is 0 Å². The third-order valence-corrected chi connectivity index (χ3v) is 2.45. The van der Waals surface area contributed by atoms with Crippen molar-refractivity contribution in [3.8, 4) is 0 Å². The molecule has 78 valence electrons. The van der Waals surface area contributed by atoms with Crippen LogP contribution in [-0.4, -0.2) is 18.9 Å². The van der Waals surface area contributed by atoms with Crippen molar-refractivity contribution in [1.82, 2.24) is 0 Å². The summed E-state index contributed by atoms with van der Waals surface area (Å²) < 4.78 is 4.51.